The zero-order valence-electron chi connectivity index (χ0n) is 39.5. The van der Waals surface area contributed by atoms with Gasteiger partial charge in [-0.2, -0.15) is 0 Å². The first-order valence-electron chi connectivity index (χ1n) is 24.1. The summed E-state index contributed by atoms with van der Waals surface area (Å²) in [6, 6.07) is 37.1. The average molecular weight is 910 g/mol. The molecule has 5 aromatic rings. The van der Waals surface area contributed by atoms with Gasteiger partial charge in [-0.3, -0.25) is 29.0 Å². The van der Waals surface area contributed by atoms with Crippen molar-refractivity contribution < 1.29 is 28.0 Å². The lowest BCUT2D eigenvalue weighted by atomic mass is 9.98. The van der Waals surface area contributed by atoms with E-state index in [-0.39, 0.29) is 36.2 Å². The maximum atomic E-state index is 14.7. The Morgan fingerprint density at radius 3 is 1.28 bits per heavy atom. The molecule has 2 fully saturated rings. The standard InChI is InChI=1S/C56H65F2N5O4/c1-5-59(6-2)53(44-17-11-9-12-18-44)55(66)62-33-15-21-49(62)51(64)35-40-23-27-42(28-24-40)38-61(46-31-32-47(57)48(58)37-46)39-43-29-25-41(26-30-43)36-52(65)50-22-16-34-63(50)56(67)54(60(7-3)8-4)45-19-13-10-14-20-45/h9-14,17-20,23-32,37,49-50,53-54H,5-8,15-16,21-22,33-36,38-39H2,1-4H3/t49-,50-,53+,54+/m0/s1. The molecule has 2 aliphatic heterocycles. The number of carbonyl (C=O) groups is 4. The molecule has 9 nitrogen and oxygen atoms in total. The van der Waals surface area contributed by atoms with E-state index in [9.17, 15) is 28.0 Å². The minimum Gasteiger partial charge on any atom is -0.363 e. The number of ketones is 2. The summed E-state index contributed by atoms with van der Waals surface area (Å²) >= 11 is 0. The molecule has 352 valence electrons. The number of hydrogen-bond donors (Lipinski definition) is 0. The van der Waals surface area contributed by atoms with E-state index in [4.69, 9.17) is 0 Å². The number of anilines is 1. The SMILES string of the molecule is CCN(CC)[C@@H](C(=O)N1CCC[C@H]1C(=O)Cc1ccc(CN(Cc2ccc(CC(=O)[C@@H]3CCCN3C(=O)[C@@H](c3ccccc3)N(CC)CC)cc2)c2ccc(F)c(F)c2)cc1)c1ccccc1. The van der Waals surface area contributed by atoms with Gasteiger partial charge in [-0.05, 0) is 97.4 Å². The summed E-state index contributed by atoms with van der Waals surface area (Å²) in [6.45, 7) is 12.9. The summed E-state index contributed by atoms with van der Waals surface area (Å²) in [6.07, 6.45) is 3.20. The summed E-state index contributed by atoms with van der Waals surface area (Å²) in [5.41, 5.74) is 5.87. The van der Waals surface area contributed by atoms with Crippen molar-refractivity contribution in [1.29, 1.82) is 0 Å². The Hall–Kier alpha value is -6.04. The lowest BCUT2D eigenvalue weighted by molar-refractivity contribution is -0.142. The fourth-order valence-electron chi connectivity index (χ4n) is 10.0. The lowest BCUT2D eigenvalue weighted by Crippen LogP contribution is -2.47. The highest BCUT2D eigenvalue weighted by atomic mass is 19.2. The van der Waals surface area contributed by atoms with Crippen LogP contribution >= 0.6 is 0 Å². The molecule has 0 bridgehead atoms. The molecule has 0 N–H and O–H groups in total. The number of nitrogens with zero attached hydrogens (tertiary/aromatic N) is 5. The predicted molar refractivity (Wildman–Crippen MR) is 260 cm³/mol. The molecule has 0 aliphatic carbocycles. The van der Waals surface area contributed by atoms with E-state index in [1.165, 1.54) is 6.07 Å². The Labute approximate surface area is 395 Å². The van der Waals surface area contributed by atoms with Crippen LogP contribution in [0, 0.1) is 11.6 Å². The number of benzene rings is 5. The number of Topliss-reactive ketones (excluding diaryl/α,β-unsaturated/α-hetero) is 2. The van der Waals surface area contributed by atoms with E-state index in [1.54, 1.807) is 15.9 Å². The van der Waals surface area contributed by atoms with Crippen LogP contribution in [0.5, 0.6) is 0 Å². The average Bonchev–Trinajstić information content (AvgIpc) is 4.06. The van der Waals surface area contributed by atoms with Crippen molar-refractivity contribution in [3.8, 4) is 0 Å². The molecular formula is C56H65F2N5O4. The molecule has 0 aromatic heterocycles. The lowest BCUT2D eigenvalue weighted by Gasteiger charge is -2.34. The minimum atomic E-state index is -0.941. The summed E-state index contributed by atoms with van der Waals surface area (Å²) in [7, 11) is 0. The van der Waals surface area contributed by atoms with Gasteiger partial charge in [-0.1, -0.05) is 137 Å². The molecular weight excluding hydrogens is 845 g/mol. The van der Waals surface area contributed by atoms with E-state index >= 15 is 0 Å². The van der Waals surface area contributed by atoms with E-state index in [0.717, 1.165) is 52.3 Å². The van der Waals surface area contributed by atoms with Gasteiger partial charge in [0.1, 0.15) is 12.1 Å². The van der Waals surface area contributed by atoms with Crippen LogP contribution in [-0.4, -0.2) is 94.3 Å². The Morgan fingerprint density at radius 1 is 0.522 bits per heavy atom. The first-order chi connectivity index (χ1) is 32.5. The second-order valence-corrected chi connectivity index (χ2v) is 17.8. The molecule has 7 rings (SSSR count). The van der Waals surface area contributed by atoms with Crippen molar-refractivity contribution in [2.24, 2.45) is 0 Å². The molecule has 0 radical (unpaired) electrons. The molecule has 2 saturated heterocycles. The zero-order valence-corrected chi connectivity index (χ0v) is 39.5. The van der Waals surface area contributed by atoms with Crippen molar-refractivity contribution >= 4 is 29.1 Å². The van der Waals surface area contributed by atoms with Gasteiger partial charge in [0.2, 0.25) is 11.8 Å². The summed E-state index contributed by atoms with van der Waals surface area (Å²) in [4.78, 5) is 66.0. The fraction of sp³-hybridized carbons (Fsp3) is 0.393. The first-order valence-corrected chi connectivity index (χ1v) is 24.1. The molecule has 0 spiro atoms. The van der Waals surface area contributed by atoms with Gasteiger partial charge < -0.3 is 14.7 Å². The summed E-state index contributed by atoms with van der Waals surface area (Å²) in [5.74, 6) is -1.91. The number of rotatable bonds is 21. The minimum absolute atomic E-state index is 0.0135. The Bertz CT molecular complexity index is 2280. The van der Waals surface area contributed by atoms with Crippen LogP contribution in [0.1, 0.15) is 98.8 Å². The van der Waals surface area contributed by atoms with Crippen molar-refractivity contribution in [3.05, 3.63) is 172 Å². The van der Waals surface area contributed by atoms with Gasteiger partial charge in [-0.15, -0.1) is 0 Å². The molecule has 0 saturated carbocycles. The third-order valence-corrected chi connectivity index (χ3v) is 13.7. The largest absolute Gasteiger partial charge is 0.363 e. The van der Waals surface area contributed by atoms with Crippen molar-refractivity contribution in [1.82, 2.24) is 19.6 Å². The van der Waals surface area contributed by atoms with Gasteiger partial charge in [-0.25, -0.2) is 8.78 Å². The maximum Gasteiger partial charge on any atom is 0.245 e. The number of carbonyl (C=O) groups excluding carboxylic acids is 4. The first kappa shape index (κ1) is 48.9. The third-order valence-electron chi connectivity index (χ3n) is 13.7. The predicted octanol–water partition coefficient (Wildman–Crippen LogP) is 9.54. The number of amides is 2. The molecule has 67 heavy (non-hydrogen) atoms. The third kappa shape index (κ3) is 11.7. The van der Waals surface area contributed by atoms with E-state index in [0.29, 0.717) is 70.9 Å². The van der Waals surface area contributed by atoms with Crippen LogP contribution in [0.15, 0.2) is 127 Å². The molecule has 2 amide bonds. The van der Waals surface area contributed by atoms with Gasteiger partial charge in [0.15, 0.2) is 23.2 Å². The zero-order chi connectivity index (χ0) is 47.5. The number of hydrogen-bond acceptors (Lipinski definition) is 7. The number of likely N-dealkylation sites (N-methyl/N-ethyl adjacent to an activating group) is 2. The Balaban J connectivity index is 1.00. The Morgan fingerprint density at radius 2 is 0.910 bits per heavy atom. The van der Waals surface area contributed by atoms with E-state index in [2.05, 4.69) is 37.5 Å². The van der Waals surface area contributed by atoms with Crippen LogP contribution < -0.4 is 4.90 Å². The highest BCUT2D eigenvalue weighted by molar-refractivity contribution is 5.94. The van der Waals surface area contributed by atoms with Crippen molar-refractivity contribution in [2.45, 2.75) is 103 Å². The van der Waals surface area contributed by atoms with Crippen LogP contribution in [0.3, 0.4) is 0 Å². The van der Waals surface area contributed by atoms with E-state index < -0.39 is 35.8 Å². The number of likely N-dealkylation sites (tertiary alicyclic amines) is 2. The quantitative estimate of drug-likeness (QED) is 0.0726. The van der Waals surface area contributed by atoms with Crippen molar-refractivity contribution in [2.75, 3.05) is 44.2 Å². The highest BCUT2D eigenvalue weighted by Crippen LogP contribution is 2.31. The smallest absolute Gasteiger partial charge is 0.245 e. The van der Waals surface area contributed by atoms with Crippen LogP contribution in [0.25, 0.3) is 0 Å². The normalized spacial score (nSPS) is 17.0. The number of halogens is 2. The van der Waals surface area contributed by atoms with Crippen LogP contribution in [-0.2, 0) is 45.1 Å². The van der Waals surface area contributed by atoms with Crippen molar-refractivity contribution in [3.63, 3.8) is 0 Å². The monoisotopic (exact) mass is 910 g/mol. The summed E-state index contributed by atoms with van der Waals surface area (Å²) in [5, 5.41) is 0. The molecule has 0 unspecified atom stereocenters. The Kier molecular flexibility index (Phi) is 16.9. The van der Waals surface area contributed by atoms with Crippen LogP contribution in [0.2, 0.25) is 0 Å². The molecule has 2 heterocycles. The second kappa shape index (κ2) is 23.1. The van der Waals surface area contributed by atoms with E-state index in [1.807, 2.05) is 114 Å². The maximum absolute atomic E-state index is 14.7. The van der Waals surface area contributed by atoms with Crippen LogP contribution in [0.4, 0.5) is 14.5 Å². The second-order valence-electron chi connectivity index (χ2n) is 17.8. The molecule has 4 atom stereocenters. The highest BCUT2D eigenvalue weighted by Gasteiger charge is 2.40. The van der Waals surface area contributed by atoms with Gasteiger partial charge in [0.25, 0.3) is 0 Å². The topological polar surface area (TPSA) is 84.5 Å². The van der Waals surface area contributed by atoms with Gasteiger partial charge >= 0.3 is 0 Å². The molecule has 11 heteroatoms. The molecule has 5 aromatic carbocycles. The molecule has 2 aliphatic rings. The fourth-order valence-corrected chi connectivity index (χ4v) is 10.0. The van der Waals surface area contributed by atoms with Gasteiger partial charge in [0, 0.05) is 50.8 Å². The summed E-state index contributed by atoms with van der Waals surface area (Å²) < 4.78 is 28.8. The van der Waals surface area contributed by atoms with Gasteiger partial charge in [0.05, 0.1) is 12.1 Å².